The molecule has 1 aliphatic heterocycles. The summed E-state index contributed by atoms with van der Waals surface area (Å²) >= 11 is 0. The molecule has 1 saturated heterocycles. The van der Waals surface area contributed by atoms with Crippen molar-refractivity contribution in [3.8, 4) is 0 Å². The van der Waals surface area contributed by atoms with E-state index in [-0.39, 0.29) is 5.91 Å². The van der Waals surface area contributed by atoms with E-state index < -0.39 is 5.41 Å². The van der Waals surface area contributed by atoms with Gasteiger partial charge in [0.1, 0.15) is 0 Å². The van der Waals surface area contributed by atoms with E-state index in [2.05, 4.69) is 58.5 Å². The highest BCUT2D eigenvalue weighted by atomic mass is 16.5. The minimum Gasteiger partial charge on any atom is -0.381 e. The number of aromatic nitrogens is 1. The van der Waals surface area contributed by atoms with E-state index in [0.717, 1.165) is 31.4 Å². The van der Waals surface area contributed by atoms with E-state index in [0.29, 0.717) is 19.8 Å². The molecule has 1 fully saturated rings. The van der Waals surface area contributed by atoms with Crippen molar-refractivity contribution >= 4 is 16.8 Å². The molecule has 0 saturated carbocycles. The Morgan fingerprint density at radius 2 is 1.74 bits per heavy atom. The summed E-state index contributed by atoms with van der Waals surface area (Å²) in [5, 5.41) is 4.45. The summed E-state index contributed by atoms with van der Waals surface area (Å²) in [5.41, 5.74) is 1.89. The van der Waals surface area contributed by atoms with Crippen molar-refractivity contribution in [1.29, 1.82) is 0 Å². The Labute approximate surface area is 160 Å². The highest BCUT2D eigenvalue weighted by Crippen LogP contribution is 2.35. The molecule has 0 atom stereocenters. The maximum absolute atomic E-state index is 13.1. The van der Waals surface area contributed by atoms with Crippen LogP contribution in [-0.4, -0.2) is 30.2 Å². The molecule has 0 unspecified atom stereocenters. The number of nitrogens with one attached hydrogen (secondary N) is 1. The fourth-order valence-electron chi connectivity index (χ4n) is 4.08. The van der Waals surface area contributed by atoms with Crippen LogP contribution in [0.1, 0.15) is 24.8 Å². The van der Waals surface area contributed by atoms with Gasteiger partial charge in [0.05, 0.1) is 5.41 Å². The van der Waals surface area contributed by atoms with Gasteiger partial charge in [0, 0.05) is 38.0 Å². The molecule has 1 aromatic heterocycles. The van der Waals surface area contributed by atoms with Crippen LogP contribution in [0.3, 0.4) is 0 Å². The molecule has 0 bridgehead atoms. The second-order valence-corrected chi connectivity index (χ2v) is 7.24. The average molecular weight is 362 g/mol. The van der Waals surface area contributed by atoms with Crippen molar-refractivity contribution in [3.63, 3.8) is 0 Å². The van der Waals surface area contributed by atoms with E-state index in [4.69, 9.17) is 4.74 Å². The molecule has 2 heterocycles. The Bertz CT molecular complexity index is 895. The summed E-state index contributed by atoms with van der Waals surface area (Å²) < 4.78 is 7.78. The standard InChI is InChI=1S/C23H26N2O2/c26-22(23(12-17-27-18-13-23)20-8-2-1-3-9-20)24-14-6-15-25-16-11-19-7-4-5-10-21(19)25/h1-5,7-11,16H,6,12-15,17-18H2,(H,24,26). The van der Waals surface area contributed by atoms with E-state index in [1.165, 1.54) is 10.9 Å². The zero-order valence-corrected chi connectivity index (χ0v) is 15.6. The third-order valence-corrected chi connectivity index (χ3v) is 5.65. The van der Waals surface area contributed by atoms with Crippen LogP contribution in [0.5, 0.6) is 0 Å². The van der Waals surface area contributed by atoms with Crippen LogP contribution >= 0.6 is 0 Å². The summed E-state index contributed by atoms with van der Waals surface area (Å²) in [6.07, 6.45) is 4.51. The molecule has 0 spiro atoms. The van der Waals surface area contributed by atoms with Crippen LogP contribution in [0.2, 0.25) is 0 Å². The maximum Gasteiger partial charge on any atom is 0.230 e. The van der Waals surface area contributed by atoms with Gasteiger partial charge >= 0.3 is 0 Å². The number of amides is 1. The number of hydrogen-bond acceptors (Lipinski definition) is 2. The average Bonchev–Trinajstić information content (AvgIpc) is 3.15. The first-order valence-electron chi connectivity index (χ1n) is 9.75. The van der Waals surface area contributed by atoms with Gasteiger partial charge in [-0.1, -0.05) is 48.5 Å². The zero-order valence-electron chi connectivity index (χ0n) is 15.6. The van der Waals surface area contributed by atoms with Crippen LogP contribution in [0.15, 0.2) is 66.9 Å². The van der Waals surface area contributed by atoms with Gasteiger partial charge in [-0.15, -0.1) is 0 Å². The van der Waals surface area contributed by atoms with Crippen LogP contribution in [0, 0.1) is 0 Å². The van der Waals surface area contributed by atoms with Crippen LogP contribution in [0.25, 0.3) is 10.9 Å². The number of carbonyl (C=O) groups excluding carboxylic acids is 1. The smallest absolute Gasteiger partial charge is 0.230 e. The Kier molecular flexibility index (Phi) is 5.26. The molecule has 27 heavy (non-hydrogen) atoms. The van der Waals surface area contributed by atoms with Crippen molar-refractivity contribution in [2.24, 2.45) is 0 Å². The van der Waals surface area contributed by atoms with Gasteiger partial charge in [0.15, 0.2) is 0 Å². The predicted molar refractivity (Wildman–Crippen MR) is 108 cm³/mol. The molecule has 1 aliphatic rings. The lowest BCUT2D eigenvalue weighted by molar-refractivity contribution is -0.130. The number of fused-ring (bicyclic) bond motifs is 1. The summed E-state index contributed by atoms with van der Waals surface area (Å²) in [5.74, 6) is 0.134. The Morgan fingerprint density at radius 1 is 1.00 bits per heavy atom. The van der Waals surface area contributed by atoms with Crippen LogP contribution in [0.4, 0.5) is 0 Å². The second kappa shape index (κ2) is 7.97. The Hall–Kier alpha value is -2.59. The van der Waals surface area contributed by atoms with E-state index in [1.54, 1.807) is 0 Å². The largest absolute Gasteiger partial charge is 0.381 e. The lowest BCUT2D eigenvalue weighted by Gasteiger charge is -2.36. The number of aryl methyl sites for hydroxylation is 1. The quantitative estimate of drug-likeness (QED) is 0.676. The van der Waals surface area contributed by atoms with Crippen LogP contribution in [-0.2, 0) is 21.5 Å². The van der Waals surface area contributed by atoms with Gasteiger partial charge in [-0.2, -0.15) is 0 Å². The first-order valence-corrected chi connectivity index (χ1v) is 9.75. The second-order valence-electron chi connectivity index (χ2n) is 7.24. The third-order valence-electron chi connectivity index (χ3n) is 5.65. The number of rotatable bonds is 6. The Balaban J connectivity index is 1.39. The first kappa shape index (κ1) is 17.8. The lowest BCUT2D eigenvalue weighted by atomic mass is 9.73. The molecule has 4 rings (SSSR count). The molecule has 140 valence electrons. The fraction of sp³-hybridized carbons (Fsp3) is 0.348. The highest BCUT2D eigenvalue weighted by Gasteiger charge is 2.41. The molecule has 2 aromatic carbocycles. The van der Waals surface area contributed by atoms with Crippen molar-refractivity contribution < 1.29 is 9.53 Å². The van der Waals surface area contributed by atoms with E-state index in [9.17, 15) is 4.79 Å². The molecule has 0 radical (unpaired) electrons. The van der Waals surface area contributed by atoms with Gasteiger partial charge in [-0.05, 0) is 42.3 Å². The number of hydrogen-bond donors (Lipinski definition) is 1. The minimum atomic E-state index is -0.459. The number of nitrogens with zero attached hydrogens (tertiary/aromatic N) is 1. The van der Waals surface area contributed by atoms with Crippen molar-refractivity contribution in [2.75, 3.05) is 19.8 Å². The summed E-state index contributed by atoms with van der Waals surface area (Å²) in [6.45, 7) is 2.85. The summed E-state index contributed by atoms with van der Waals surface area (Å²) in [6, 6.07) is 20.7. The van der Waals surface area contributed by atoms with Gasteiger partial charge in [0.25, 0.3) is 0 Å². The normalized spacial score (nSPS) is 16.3. The Morgan fingerprint density at radius 3 is 2.56 bits per heavy atom. The molecule has 4 heteroatoms. The van der Waals surface area contributed by atoms with E-state index in [1.807, 2.05) is 18.2 Å². The maximum atomic E-state index is 13.1. The summed E-state index contributed by atoms with van der Waals surface area (Å²) in [4.78, 5) is 13.1. The number of para-hydroxylation sites is 1. The fourth-order valence-corrected chi connectivity index (χ4v) is 4.08. The number of carbonyl (C=O) groups is 1. The summed E-state index contributed by atoms with van der Waals surface area (Å²) in [7, 11) is 0. The molecule has 4 nitrogen and oxygen atoms in total. The molecular formula is C23H26N2O2. The van der Waals surface area contributed by atoms with Crippen LogP contribution < -0.4 is 5.32 Å². The minimum absolute atomic E-state index is 0.134. The number of ether oxygens (including phenoxy) is 1. The van der Waals surface area contributed by atoms with Crippen molar-refractivity contribution in [1.82, 2.24) is 9.88 Å². The third kappa shape index (κ3) is 3.62. The highest BCUT2D eigenvalue weighted by molar-refractivity contribution is 5.88. The SMILES string of the molecule is O=C(NCCCn1ccc2ccccc21)C1(c2ccccc2)CCOCC1. The first-order chi connectivity index (χ1) is 13.3. The number of benzene rings is 2. The van der Waals surface area contributed by atoms with Gasteiger partial charge in [-0.3, -0.25) is 4.79 Å². The molecule has 0 aliphatic carbocycles. The molecule has 3 aromatic rings. The molecule has 1 N–H and O–H groups in total. The molecular weight excluding hydrogens is 336 g/mol. The monoisotopic (exact) mass is 362 g/mol. The predicted octanol–water partition coefficient (Wildman–Crippen LogP) is 3.90. The molecule has 1 amide bonds. The van der Waals surface area contributed by atoms with E-state index >= 15 is 0 Å². The lowest BCUT2D eigenvalue weighted by Crippen LogP contribution is -2.48. The van der Waals surface area contributed by atoms with Crippen molar-refractivity contribution in [2.45, 2.75) is 31.2 Å². The van der Waals surface area contributed by atoms with Gasteiger partial charge in [0.2, 0.25) is 5.91 Å². The van der Waals surface area contributed by atoms with Gasteiger partial charge < -0.3 is 14.6 Å². The van der Waals surface area contributed by atoms with Gasteiger partial charge in [-0.25, -0.2) is 0 Å². The zero-order chi connectivity index (χ0) is 18.5. The topological polar surface area (TPSA) is 43.3 Å². The van der Waals surface area contributed by atoms with Crippen molar-refractivity contribution in [3.05, 3.63) is 72.4 Å².